The van der Waals surface area contributed by atoms with Crippen LogP contribution >= 0.6 is 12.4 Å². The van der Waals surface area contributed by atoms with Gasteiger partial charge in [-0.2, -0.15) is 0 Å². The Morgan fingerprint density at radius 1 is 1.59 bits per heavy atom. The van der Waals surface area contributed by atoms with E-state index in [9.17, 15) is 4.79 Å². The maximum absolute atomic E-state index is 11.6. The van der Waals surface area contributed by atoms with E-state index in [0.29, 0.717) is 5.56 Å². The summed E-state index contributed by atoms with van der Waals surface area (Å²) < 4.78 is 4.98. The van der Waals surface area contributed by atoms with Crippen molar-refractivity contribution in [2.45, 2.75) is 18.9 Å². The lowest BCUT2D eigenvalue weighted by Gasteiger charge is -2.06. The number of fused-ring (bicyclic) bond motifs is 1. The Kier molecular flexibility index (Phi) is 4.73. The minimum Gasteiger partial charge on any atom is -0.458 e. The molecule has 0 bridgehead atoms. The van der Waals surface area contributed by atoms with Crippen LogP contribution in [0.5, 0.6) is 0 Å². The molecule has 1 aromatic rings. The number of aryl methyl sites for hydroxylation is 1. The summed E-state index contributed by atoms with van der Waals surface area (Å²) in [6, 6.07) is 5.70. The van der Waals surface area contributed by atoms with Crippen LogP contribution in [0.4, 0.5) is 0 Å². The number of benzene rings is 1. The molecule has 0 unspecified atom stereocenters. The van der Waals surface area contributed by atoms with Gasteiger partial charge in [0.25, 0.3) is 0 Å². The zero-order valence-corrected chi connectivity index (χ0v) is 10.3. The van der Waals surface area contributed by atoms with Crippen molar-refractivity contribution in [1.29, 1.82) is 0 Å². The normalized spacial score (nSPS) is 16.9. The Hall–Kier alpha value is -1.32. The van der Waals surface area contributed by atoms with E-state index < -0.39 is 0 Å². The third kappa shape index (κ3) is 2.87. The zero-order chi connectivity index (χ0) is 11.5. The number of ether oxygens (including phenoxy) is 1. The molecule has 92 valence electrons. The van der Waals surface area contributed by atoms with E-state index in [2.05, 4.69) is 6.58 Å². The average molecular weight is 254 g/mol. The van der Waals surface area contributed by atoms with Crippen molar-refractivity contribution in [3.63, 3.8) is 0 Å². The Labute approximate surface area is 107 Å². The molecule has 1 aliphatic rings. The van der Waals surface area contributed by atoms with Gasteiger partial charge >= 0.3 is 5.97 Å². The van der Waals surface area contributed by atoms with Gasteiger partial charge in [0.2, 0.25) is 0 Å². The summed E-state index contributed by atoms with van der Waals surface area (Å²) in [5.74, 6) is -0.303. The number of rotatable bonds is 3. The molecule has 0 radical (unpaired) electrons. The monoisotopic (exact) mass is 253 g/mol. The molecule has 0 amide bonds. The standard InChI is InChI=1S/C13H15NO2.ClH/c1-2-7-16-13(15)10-3-5-11-9(8-10)4-6-12(11)14;/h2-3,5,8,12H,1,4,6-7,14H2;1H/t12-;/m0./s1. The number of carbonyl (C=O) groups is 1. The van der Waals surface area contributed by atoms with Crippen LogP contribution in [0.1, 0.15) is 33.9 Å². The van der Waals surface area contributed by atoms with Crippen LogP contribution in [0.3, 0.4) is 0 Å². The van der Waals surface area contributed by atoms with E-state index in [1.54, 1.807) is 12.1 Å². The number of halogens is 1. The van der Waals surface area contributed by atoms with Gasteiger partial charge in [0.1, 0.15) is 6.61 Å². The Balaban J connectivity index is 0.00000144. The molecular formula is C13H16ClNO2. The summed E-state index contributed by atoms with van der Waals surface area (Å²) in [4.78, 5) is 11.6. The van der Waals surface area contributed by atoms with E-state index in [1.807, 2.05) is 12.1 Å². The highest BCUT2D eigenvalue weighted by molar-refractivity contribution is 5.89. The van der Waals surface area contributed by atoms with Gasteiger partial charge in [-0.05, 0) is 36.1 Å². The van der Waals surface area contributed by atoms with Gasteiger partial charge in [-0.3, -0.25) is 0 Å². The first-order valence-corrected chi connectivity index (χ1v) is 5.39. The molecule has 1 aliphatic carbocycles. The fourth-order valence-electron chi connectivity index (χ4n) is 2.00. The van der Waals surface area contributed by atoms with E-state index in [-0.39, 0.29) is 31.0 Å². The number of nitrogens with two attached hydrogens (primary N) is 1. The highest BCUT2D eigenvalue weighted by atomic mass is 35.5. The van der Waals surface area contributed by atoms with Crippen LogP contribution in [0.25, 0.3) is 0 Å². The van der Waals surface area contributed by atoms with Crippen molar-refractivity contribution in [3.05, 3.63) is 47.5 Å². The molecule has 0 heterocycles. The van der Waals surface area contributed by atoms with Crippen molar-refractivity contribution in [2.75, 3.05) is 6.61 Å². The third-order valence-electron chi connectivity index (χ3n) is 2.84. The Morgan fingerprint density at radius 2 is 2.35 bits per heavy atom. The van der Waals surface area contributed by atoms with Crippen LogP contribution in [-0.4, -0.2) is 12.6 Å². The molecule has 0 saturated carbocycles. The highest BCUT2D eigenvalue weighted by Crippen LogP contribution is 2.29. The van der Waals surface area contributed by atoms with Crippen molar-refractivity contribution >= 4 is 18.4 Å². The molecule has 0 aliphatic heterocycles. The topological polar surface area (TPSA) is 52.3 Å². The van der Waals surface area contributed by atoms with Crippen LogP contribution in [-0.2, 0) is 11.2 Å². The first kappa shape index (κ1) is 13.7. The lowest BCUT2D eigenvalue weighted by atomic mass is 10.1. The summed E-state index contributed by atoms with van der Waals surface area (Å²) in [5, 5.41) is 0. The quantitative estimate of drug-likeness (QED) is 0.665. The summed E-state index contributed by atoms with van der Waals surface area (Å²) >= 11 is 0. The van der Waals surface area contributed by atoms with Crippen molar-refractivity contribution in [3.8, 4) is 0 Å². The van der Waals surface area contributed by atoms with Gasteiger partial charge in [-0.15, -0.1) is 12.4 Å². The molecule has 0 spiro atoms. The Morgan fingerprint density at radius 3 is 3.06 bits per heavy atom. The molecule has 2 rings (SSSR count). The van der Waals surface area contributed by atoms with E-state index >= 15 is 0 Å². The number of esters is 1. The molecule has 1 atom stereocenters. The second-order valence-corrected chi connectivity index (χ2v) is 3.95. The minimum absolute atomic E-state index is 0. The SMILES string of the molecule is C=CCOC(=O)c1ccc2c(c1)CC[C@@H]2N.Cl. The van der Waals surface area contributed by atoms with E-state index in [0.717, 1.165) is 18.4 Å². The van der Waals surface area contributed by atoms with E-state index in [1.165, 1.54) is 5.56 Å². The van der Waals surface area contributed by atoms with Gasteiger partial charge < -0.3 is 10.5 Å². The molecule has 4 heteroatoms. The van der Waals surface area contributed by atoms with Crippen LogP contribution in [0.2, 0.25) is 0 Å². The molecular weight excluding hydrogens is 238 g/mol. The molecule has 17 heavy (non-hydrogen) atoms. The first-order chi connectivity index (χ1) is 7.72. The summed E-state index contributed by atoms with van der Waals surface area (Å²) in [6.07, 6.45) is 3.46. The van der Waals surface area contributed by atoms with Crippen molar-refractivity contribution in [2.24, 2.45) is 5.73 Å². The lowest BCUT2D eigenvalue weighted by molar-refractivity contribution is 0.0549. The molecule has 0 saturated heterocycles. The van der Waals surface area contributed by atoms with Crippen LogP contribution in [0.15, 0.2) is 30.9 Å². The van der Waals surface area contributed by atoms with Crippen LogP contribution < -0.4 is 5.73 Å². The maximum Gasteiger partial charge on any atom is 0.338 e. The molecule has 3 nitrogen and oxygen atoms in total. The molecule has 2 N–H and O–H groups in total. The highest BCUT2D eigenvalue weighted by Gasteiger charge is 2.20. The largest absolute Gasteiger partial charge is 0.458 e. The van der Waals surface area contributed by atoms with E-state index in [4.69, 9.17) is 10.5 Å². The molecule has 1 aromatic carbocycles. The van der Waals surface area contributed by atoms with Crippen molar-refractivity contribution < 1.29 is 9.53 Å². The fourth-order valence-corrected chi connectivity index (χ4v) is 2.00. The zero-order valence-electron chi connectivity index (χ0n) is 9.52. The molecule has 0 fully saturated rings. The maximum atomic E-state index is 11.6. The second kappa shape index (κ2) is 5.84. The first-order valence-electron chi connectivity index (χ1n) is 5.39. The second-order valence-electron chi connectivity index (χ2n) is 3.95. The summed E-state index contributed by atoms with van der Waals surface area (Å²) in [5.41, 5.74) is 8.84. The lowest BCUT2D eigenvalue weighted by Crippen LogP contribution is -2.07. The average Bonchev–Trinajstić information content (AvgIpc) is 2.67. The van der Waals surface area contributed by atoms with Gasteiger partial charge in [0, 0.05) is 6.04 Å². The predicted molar refractivity (Wildman–Crippen MR) is 69.4 cm³/mol. The van der Waals surface area contributed by atoms with Gasteiger partial charge in [-0.1, -0.05) is 18.7 Å². The fraction of sp³-hybridized carbons (Fsp3) is 0.308. The van der Waals surface area contributed by atoms with Gasteiger partial charge in [0.05, 0.1) is 5.56 Å². The summed E-state index contributed by atoms with van der Waals surface area (Å²) in [6.45, 7) is 3.75. The number of carbonyl (C=O) groups excluding carboxylic acids is 1. The van der Waals surface area contributed by atoms with Gasteiger partial charge in [0.15, 0.2) is 0 Å². The summed E-state index contributed by atoms with van der Waals surface area (Å²) in [7, 11) is 0. The van der Waals surface area contributed by atoms with Crippen LogP contribution in [0, 0.1) is 0 Å². The molecule has 0 aromatic heterocycles. The minimum atomic E-state index is -0.303. The number of hydrogen-bond acceptors (Lipinski definition) is 3. The smallest absolute Gasteiger partial charge is 0.338 e. The van der Waals surface area contributed by atoms with Crippen molar-refractivity contribution in [1.82, 2.24) is 0 Å². The Bertz CT molecular complexity index is 431. The number of hydrogen-bond donors (Lipinski definition) is 1. The third-order valence-corrected chi connectivity index (χ3v) is 2.84. The van der Waals surface area contributed by atoms with Gasteiger partial charge in [-0.25, -0.2) is 4.79 Å². The predicted octanol–water partition coefficient (Wildman–Crippen LogP) is 2.40.